The first-order valence-electron chi connectivity index (χ1n) is 2.79. The Hall–Kier alpha value is -0.370. The van der Waals surface area contributed by atoms with Gasteiger partial charge in [-0.1, -0.05) is 13.8 Å². The minimum absolute atomic E-state index is 1.69. The van der Waals surface area contributed by atoms with Crippen molar-refractivity contribution in [2.24, 2.45) is 7.05 Å². The fourth-order valence-corrected chi connectivity index (χ4v) is 0.796. The van der Waals surface area contributed by atoms with E-state index < -0.39 is 0 Å². The first kappa shape index (κ1) is 7.63. The van der Waals surface area contributed by atoms with E-state index in [1.807, 2.05) is 42.5 Å². The third-order valence-electron chi connectivity index (χ3n) is 0.602. The second-order valence-corrected chi connectivity index (χ2v) is 2.19. The second-order valence-electron chi connectivity index (χ2n) is 1.13. The van der Waals surface area contributed by atoms with E-state index in [9.17, 15) is 0 Å². The van der Waals surface area contributed by atoms with Gasteiger partial charge in [-0.3, -0.25) is 0 Å². The van der Waals surface area contributed by atoms with Gasteiger partial charge in [-0.15, -0.1) is 3.96 Å². The van der Waals surface area contributed by atoms with E-state index in [-0.39, 0.29) is 0 Å². The monoisotopic (exact) mass is 130 g/mol. The van der Waals surface area contributed by atoms with Gasteiger partial charge in [0.1, 0.15) is 11.5 Å². The van der Waals surface area contributed by atoms with E-state index in [4.69, 9.17) is 0 Å². The topological polar surface area (TPSA) is 3.88 Å². The van der Waals surface area contributed by atoms with Crippen molar-refractivity contribution in [2.75, 3.05) is 0 Å². The molecule has 0 N–H and O–H groups in total. The van der Waals surface area contributed by atoms with Crippen molar-refractivity contribution >= 4 is 11.5 Å². The molecule has 0 aliphatic rings. The van der Waals surface area contributed by atoms with Crippen LogP contribution in [0.15, 0.2) is 17.6 Å². The second kappa shape index (κ2) is 4.78. The zero-order valence-electron chi connectivity index (χ0n) is 5.59. The molecule has 2 heteroatoms. The maximum absolute atomic E-state index is 2.04. The van der Waals surface area contributed by atoms with Crippen molar-refractivity contribution in [3.63, 3.8) is 0 Å². The molecule has 1 aromatic heterocycles. The smallest absolute Gasteiger partial charge is 0.144 e. The highest BCUT2D eigenvalue weighted by molar-refractivity contribution is 6.99. The van der Waals surface area contributed by atoms with Gasteiger partial charge in [-0.2, -0.15) is 0 Å². The van der Waals surface area contributed by atoms with E-state index in [0.717, 1.165) is 0 Å². The summed E-state index contributed by atoms with van der Waals surface area (Å²) < 4.78 is 2.04. The molecule has 0 atom stereocenters. The lowest BCUT2D eigenvalue weighted by atomic mass is 10.8. The SMILES string of the molecule is CC.C[n+]1cccs1. The number of nitrogens with zero attached hydrogens (tertiary/aromatic N) is 1. The fourth-order valence-electron chi connectivity index (χ4n) is 0.323. The third kappa shape index (κ3) is 2.75. The summed E-state index contributed by atoms with van der Waals surface area (Å²) in [5.41, 5.74) is 0. The average Bonchev–Trinajstić information content (AvgIpc) is 2.24. The fraction of sp³-hybridized carbons (Fsp3) is 0.500. The largest absolute Gasteiger partial charge is 0.183 e. The van der Waals surface area contributed by atoms with E-state index in [1.165, 1.54) is 0 Å². The summed E-state index contributed by atoms with van der Waals surface area (Å²) in [5, 5.41) is 2.04. The summed E-state index contributed by atoms with van der Waals surface area (Å²) in [6.07, 6.45) is 2.02. The molecule has 1 rings (SSSR count). The Kier molecular flexibility index (Phi) is 4.56. The molecule has 1 nitrogen and oxygen atoms in total. The number of aromatic nitrogens is 1. The zero-order valence-corrected chi connectivity index (χ0v) is 6.40. The van der Waals surface area contributed by atoms with Crippen molar-refractivity contribution in [2.45, 2.75) is 13.8 Å². The molecule has 0 radical (unpaired) electrons. The summed E-state index contributed by atoms with van der Waals surface area (Å²) in [5.74, 6) is 0. The van der Waals surface area contributed by atoms with Crippen LogP contribution in [0.25, 0.3) is 0 Å². The molecule has 0 saturated carbocycles. The Morgan fingerprint density at radius 3 is 2.12 bits per heavy atom. The highest BCUT2D eigenvalue weighted by atomic mass is 32.1. The Balaban J connectivity index is 0.000000222. The normalized spacial score (nSPS) is 7.38. The predicted molar refractivity (Wildman–Crippen MR) is 36.8 cm³/mol. The van der Waals surface area contributed by atoms with Gasteiger partial charge in [-0.05, 0) is 0 Å². The van der Waals surface area contributed by atoms with Crippen LogP contribution >= 0.6 is 11.5 Å². The van der Waals surface area contributed by atoms with Gasteiger partial charge >= 0.3 is 0 Å². The highest BCUT2D eigenvalue weighted by Crippen LogP contribution is 1.80. The van der Waals surface area contributed by atoms with E-state index in [0.29, 0.717) is 0 Å². The van der Waals surface area contributed by atoms with E-state index in [1.54, 1.807) is 11.5 Å². The quantitative estimate of drug-likeness (QED) is 0.470. The lowest BCUT2D eigenvalue weighted by Crippen LogP contribution is -2.18. The molecule has 0 amide bonds. The number of hydrogen-bond acceptors (Lipinski definition) is 1. The molecule has 8 heavy (non-hydrogen) atoms. The van der Waals surface area contributed by atoms with Gasteiger partial charge in [0.2, 0.25) is 0 Å². The molecule has 0 saturated heterocycles. The zero-order chi connectivity index (χ0) is 6.41. The van der Waals surface area contributed by atoms with Crippen LogP contribution in [0, 0.1) is 0 Å². The molecule has 0 unspecified atom stereocenters. The number of rotatable bonds is 0. The Morgan fingerprint density at radius 1 is 1.38 bits per heavy atom. The summed E-state index contributed by atoms with van der Waals surface area (Å²) >= 11 is 1.69. The molecule has 0 aliphatic carbocycles. The maximum Gasteiger partial charge on any atom is 0.183 e. The van der Waals surface area contributed by atoms with Gasteiger partial charge in [-0.25, -0.2) is 0 Å². The van der Waals surface area contributed by atoms with E-state index >= 15 is 0 Å². The molecule has 1 aromatic rings. The van der Waals surface area contributed by atoms with Crippen molar-refractivity contribution < 1.29 is 3.96 Å². The molecular formula is C6H12NS+. The van der Waals surface area contributed by atoms with Crippen LogP contribution in [0.5, 0.6) is 0 Å². The summed E-state index contributed by atoms with van der Waals surface area (Å²) in [4.78, 5) is 0. The van der Waals surface area contributed by atoms with Crippen LogP contribution in [0.3, 0.4) is 0 Å². The van der Waals surface area contributed by atoms with Crippen molar-refractivity contribution in [1.82, 2.24) is 0 Å². The molecule has 0 spiro atoms. The minimum Gasteiger partial charge on any atom is -0.144 e. The van der Waals surface area contributed by atoms with Crippen molar-refractivity contribution in [3.8, 4) is 0 Å². The van der Waals surface area contributed by atoms with Crippen LogP contribution in [-0.4, -0.2) is 0 Å². The molecule has 46 valence electrons. The molecule has 0 aromatic carbocycles. The first-order chi connectivity index (χ1) is 3.89. The lowest BCUT2D eigenvalue weighted by Gasteiger charge is -1.61. The van der Waals surface area contributed by atoms with Crippen LogP contribution in [-0.2, 0) is 7.05 Å². The van der Waals surface area contributed by atoms with E-state index in [2.05, 4.69) is 0 Å². The standard InChI is InChI=1S/C4H6NS.C2H6/c1-5-3-2-4-6-5;1-2/h2-4H,1H3;1-2H3/q+1;. The van der Waals surface area contributed by atoms with Crippen LogP contribution in [0.2, 0.25) is 0 Å². The third-order valence-corrected chi connectivity index (χ3v) is 1.33. The van der Waals surface area contributed by atoms with Gasteiger partial charge in [0.05, 0.1) is 5.38 Å². The maximum atomic E-state index is 2.04. The number of aryl methyl sites for hydroxylation is 1. The molecule has 0 fully saturated rings. The molecule has 0 aliphatic heterocycles. The van der Waals surface area contributed by atoms with Gasteiger partial charge in [0.25, 0.3) is 0 Å². The summed E-state index contributed by atoms with van der Waals surface area (Å²) in [6.45, 7) is 4.00. The van der Waals surface area contributed by atoms with Gasteiger partial charge < -0.3 is 0 Å². The molecule has 0 bridgehead atoms. The Morgan fingerprint density at radius 2 is 2.00 bits per heavy atom. The van der Waals surface area contributed by atoms with Crippen LogP contribution < -0.4 is 3.96 Å². The molecule has 1 heterocycles. The van der Waals surface area contributed by atoms with Gasteiger partial charge in [0, 0.05) is 6.07 Å². The van der Waals surface area contributed by atoms with Crippen molar-refractivity contribution in [3.05, 3.63) is 17.6 Å². The van der Waals surface area contributed by atoms with Gasteiger partial charge in [0.15, 0.2) is 13.2 Å². The van der Waals surface area contributed by atoms with Crippen LogP contribution in [0.4, 0.5) is 0 Å². The summed E-state index contributed by atoms with van der Waals surface area (Å²) in [6, 6.07) is 2.02. The van der Waals surface area contributed by atoms with Crippen molar-refractivity contribution in [1.29, 1.82) is 0 Å². The molecular weight excluding hydrogens is 118 g/mol. The minimum atomic E-state index is 1.69. The number of hydrogen-bond donors (Lipinski definition) is 0. The van der Waals surface area contributed by atoms with Crippen LogP contribution in [0.1, 0.15) is 13.8 Å². The predicted octanol–water partition coefficient (Wildman–Crippen LogP) is 1.60. The average molecular weight is 130 g/mol. The Bertz CT molecular complexity index is 112. The first-order valence-corrected chi connectivity index (χ1v) is 3.63. The summed E-state index contributed by atoms with van der Waals surface area (Å²) in [7, 11) is 2.02. The lowest BCUT2D eigenvalue weighted by molar-refractivity contribution is -0.600. The Labute approximate surface area is 54.7 Å². The highest BCUT2D eigenvalue weighted by Gasteiger charge is 1.83.